The highest BCUT2D eigenvalue weighted by Crippen LogP contribution is 2.10. The number of alkyl carbamates (subject to hydrolysis) is 1. The minimum atomic E-state index is -0.548. The van der Waals surface area contributed by atoms with Gasteiger partial charge in [0.1, 0.15) is 0 Å². The number of carbonyl (C=O) groups is 2. The molecule has 2 aromatic rings. The van der Waals surface area contributed by atoms with Gasteiger partial charge in [-0.25, -0.2) is 4.79 Å². The van der Waals surface area contributed by atoms with Gasteiger partial charge in [0.25, 0.3) is 5.91 Å². The molecule has 1 aromatic heterocycles. The lowest BCUT2D eigenvalue weighted by atomic mass is 10.1. The first kappa shape index (κ1) is 17.7. The summed E-state index contributed by atoms with van der Waals surface area (Å²) in [6.07, 6.45) is 1.67. The van der Waals surface area contributed by atoms with Gasteiger partial charge in [-0.3, -0.25) is 9.78 Å². The van der Waals surface area contributed by atoms with Crippen LogP contribution in [0.25, 0.3) is 0 Å². The van der Waals surface area contributed by atoms with E-state index in [1.54, 1.807) is 12.1 Å². The van der Waals surface area contributed by atoms with Crippen LogP contribution in [0.2, 0.25) is 5.02 Å². The number of nitrogens with zero attached hydrogens (tertiary/aromatic N) is 1. The van der Waals surface area contributed by atoms with Gasteiger partial charge in [-0.15, -0.1) is 0 Å². The summed E-state index contributed by atoms with van der Waals surface area (Å²) >= 11 is 5.93. The van der Waals surface area contributed by atoms with Gasteiger partial charge in [0.2, 0.25) is 0 Å². The van der Waals surface area contributed by atoms with Gasteiger partial charge in [0.15, 0.2) is 0 Å². The Balaban J connectivity index is 1.86. The van der Waals surface area contributed by atoms with E-state index in [9.17, 15) is 9.59 Å². The van der Waals surface area contributed by atoms with Crippen LogP contribution in [0.5, 0.6) is 0 Å². The quantitative estimate of drug-likeness (QED) is 0.841. The van der Waals surface area contributed by atoms with Crippen LogP contribution in [0.1, 0.15) is 21.6 Å². The molecule has 0 saturated heterocycles. The zero-order chi connectivity index (χ0) is 17.4. The SMILES string of the molecule is COC(=O)NCc1cc(C(=O)NCCc2cccc(Cl)c2)ccn1. The summed E-state index contributed by atoms with van der Waals surface area (Å²) in [5.41, 5.74) is 2.11. The minimum absolute atomic E-state index is 0.191. The van der Waals surface area contributed by atoms with Crippen molar-refractivity contribution in [2.24, 2.45) is 0 Å². The van der Waals surface area contributed by atoms with E-state index in [1.807, 2.05) is 24.3 Å². The van der Waals surface area contributed by atoms with Gasteiger partial charge in [-0.05, 0) is 36.2 Å². The van der Waals surface area contributed by atoms with E-state index < -0.39 is 6.09 Å². The maximum atomic E-state index is 12.2. The molecule has 2 rings (SSSR count). The number of benzene rings is 1. The smallest absolute Gasteiger partial charge is 0.407 e. The third-order valence-corrected chi connectivity index (χ3v) is 3.50. The van der Waals surface area contributed by atoms with E-state index in [1.165, 1.54) is 13.3 Å². The summed E-state index contributed by atoms with van der Waals surface area (Å²) in [6.45, 7) is 0.688. The lowest BCUT2D eigenvalue weighted by Crippen LogP contribution is -2.26. The summed E-state index contributed by atoms with van der Waals surface area (Å²) in [4.78, 5) is 27.3. The molecule has 0 atom stereocenters. The second-order valence-corrected chi connectivity index (χ2v) is 5.45. The molecular formula is C17H18ClN3O3. The standard InChI is InChI=1S/C17H18ClN3O3/c1-24-17(23)21-11-15-10-13(6-8-19-15)16(22)20-7-5-12-3-2-4-14(18)9-12/h2-4,6,8-10H,5,7,11H2,1H3,(H,20,22)(H,21,23). The molecule has 0 radical (unpaired) electrons. The van der Waals surface area contributed by atoms with Crippen molar-refractivity contribution in [2.45, 2.75) is 13.0 Å². The average molecular weight is 348 g/mol. The summed E-state index contributed by atoms with van der Waals surface area (Å²) in [7, 11) is 1.28. The fourth-order valence-electron chi connectivity index (χ4n) is 2.07. The Morgan fingerprint density at radius 2 is 2.04 bits per heavy atom. The number of ether oxygens (including phenoxy) is 1. The zero-order valence-electron chi connectivity index (χ0n) is 13.2. The highest BCUT2D eigenvalue weighted by Gasteiger charge is 2.07. The van der Waals surface area contributed by atoms with Crippen LogP contribution in [0, 0.1) is 0 Å². The number of rotatable bonds is 6. The Morgan fingerprint density at radius 3 is 2.79 bits per heavy atom. The van der Waals surface area contributed by atoms with Crippen molar-refractivity contribution in [2.75, 3.05) is 13.7 Å². The van der Waals surface area contributed by atoms with E-state index >= 15 is 0 Å². The topological polar surface area (TPSA) is 80.3 Å². The van der Waals surface area contributed by atoms with Crippen LogP contribution >= 0.6 is 11.6 Å². The second kappa shape index (κ2) is 8.88. The molecule has 0 aliphatic heterocycles. The van der Waals surface area contributed by atoms with Crippen LogP contribution in [0.4, 0.5) is 4.79 Å². The number of halogens is 1. The molecule has 1 heterocycles. The Bertz CT molecular complexity index is 722. The number of nitrogens with one attached hydrogen (secondary N) is 2. The maximum absolute atomic E-state index is 12.2. The first-order valence-corrected chi connectivity index (χ1v) is 7.75. The van der Waals surface area contributed by atoms with Gasteiger partial charge in [0, 0.05) is 23.3 Å². The third-order valence-electron chi connectivity index (χ3n) is 3.27. The number of carbonyl (C=O) groups excluding carboxylic acids is 2. The molecule has 2 amide bonds. The summed E-state index contributed by atoms with van der Waals surface area (Å²) in [6, 6.07) is 10.8. The van der Waals surface area contributed by atoms with Gasteiger partial charge in [-0.2, -0.15) is 0 Å². The summed E-state index contributed by atoms with van der Waals surface area (Å²) < 4.78 is 4.49. The number of methoxy groups -OCH3 is 1. The fourth-order valence-corrected chi connectivity index (χ4v) is 2.28. The minimum Gasteiger partial charge on any atom is -0.453 e. The molecule has 6 nitrogen and oxygen atoms in total. The van der Waals surface area contributed by atoms with Gasteiger partial charge < -0.3 is 15.4 Å². The lowest BCUT2D eigenvalue weighted by Gasteiger charge is -2.07. The van der Waals surface area contributed by atoms with E-state index in [-0.39, 0.29) is 12.5 Å². The molecule has 0 bridgehead atoms. The molecule has 0 fully saturated rings. The summed E-state index contributed by atoms with van der Waals surface area (Å²) in [5.74, 6) is -0.196. The molecule has 126 valence electrons. The van der Waals surface area contributed by atoms with Crippen LogP contribution < -0.4 is 10.6 Å². The largest absolute Gasteiger partial charge is 0.453 e. The van der Waals surface area contributed by atoms with Crippen LogP contribution in [0.3, 0.4) is 0 Å². The molecule has 24 heavy (non-hydrogen) atoms. The first-order chi connectivity index (χ1) is 11.6. The van der Waals surface area contributed by atoms with Crippen molar-refractivity contribution in [1.82, 2.24) is 15.6 Å². The van der Waals surface area contributed by atoms with Crippen LogP contribution in [-0.2, 0) is 17.7 Å². The molecule has 1 aromatic carbocycles. The van der Waals surface area contributed by atoms with E-state index in [4.69, 9.17) is 11.6 Å². The monoisotopic (exact) mass is 347 g/mol. The van der Waals surface area contributed by atoms with Crippen LogP contribution in [-0.4, -0.2) is 30.6 Å². The Kier molecular flexibility index (Phi) is 6.57. The molecule has 0 aliphatic carbocycles. The predicted molar refractivity (Wildman–Crippen MR) is 91.0 cm³/mol. The van der Waals surface area contributed by atoms with Gasteiger partial charge >= 0.3 is 6.09 Å². The normalized spacial score (nSPS) is 10.1. The van der Waals surface area contributed by atoms with Crippen molar-refractivity contribution >= 4 is 23.6 Å². The Labute approximate surface area is 145 Å². The molecule has 0 aliphatic rings. The maximum Gasteiger partial charge on any atom is 0.407 e. The molecule has 0 saturated carbocycles. The number of hydrogen-bond donors (Lipinski definition) is 2. The van der Waals surface area contributed by atoms with E-state index in [0.29, 0.717) is 29.2 Å². The van der Waals surface area contributed by atoms with Crippen LogP contribution in [0.15, 0.2) is 42.6 Å². The first-order valence-electron chi connectivity index (χ1n) is 7.38. The van der Waals surface area contributed by atoms with Crippen molar-refractivity contribution in [3.05, 3.63) is 64.4 Å². The van der Waals surface area contributed by atoms with Crippen molar-refractivity contribution in [3.8, 4) is 0 Å². The third kappa shape index (κ3) is 5.55. The zero-order valence-corrected chi connectivity index (χ0v) is 14.0. The molecule has 0 spiro atoms. The number of aromatic nitrogens is 1. The lowest BCUT2D eigenvalue weighted by molar-refractivity contribution is 0.0954. The Hall–Kier alpha value is -2.60. The average Bonchev–Trinajstić information content (AvgIpc) is 2.60. The molecular weight excluding hydrogens is 330 g/mol. The number of amides is 2. The molecule has 0 unspecified atom stereocenters. The van der Waals surface area contributed by atoms with Gasteiger partial charge in [-0.1, -0.05) is 23.7 Å². The van der Waals surface area contributed by atoms with Crippen molar-refractivity contribution in [3.63, 3.8) is 0 Å². The van der Waals surface area contributed by atoms with Crippen molar-refractivity contribution < 1.29 is 14.3 Å². The highest BCUT2D eigenvalue weighted by molar-refractivity contribution is 6.30. The van der Waals surface area contributed by atoms with E-state index in [2.05, 4.69) is 20.4 Å². The van der Waals surface area contributed by atoms with E-state index in [0.717, 1.165) is 5.56 Å². The highest BCUT2D eigenvalue weighted by atomic mass is 35.5. The van der Waals surface area contributed by atoms with Crippen molar-refractivity contribution in [1.29, 1.82) is 0 Å². The van der Waals surface area contributed by atoms with Gasteiger partial charge in [0.05, 0.1) is 19.3 Å². The Morgan fingerprint density at radius 1 is 1.21 bits per heavy atom. The fraction of sp³-hybridized carbons (Fsp3) is 0.235. The molecule has 7 heteroatoms. The molecule has 2 N–H and O–H groups in total. The number of pyridine rings is 1. The predicted octanol–water partition coefficient (Wildman–Crippen LogP) is 2.56. The second-order valence-electron chi connectivity index (χ2n) is 5.02. The summed E-state index contributed by atoms with van der Waals surface area (Å²) in [5, 5.41) is 6.04. The number of hydrogen-bond acceptors (Lipinski definition) is 4.